The molecule has 25 heavy (non-hydrogen) atoms. The molecule has 0 aromatic heterocycles. The summed E-state index contributed by atoms with van der Waals surface area (Å²) in [7, 11) is 4.13. The van der Waals surface area contributed by atoms with Crippen LogP contribution in [0, 0.1) is 6.92 Å². The molecule has 1 aliphatic rings. The minimum absolute atomic E-state index is 0.687. The molecule has 2 rings (SSSR count). The van der Waals surface area contributed by atoms with Crippen molar-refractivity contribution in [3.05, 3.63) is 29.3 Å². The van der Waals surface area contributed by atoms with E-state index in [9.17, 15) is 0 Å². The number of benzene rings is 1. The van der Waals surface area contributed by atoms with E-state index in [-0.39, 0.29) is 0 Å². The van der Waals surface area contributed by atoms with Crippen LogP contribution in [0.3, 0.4) is 0 Å². The Balaban J connectivity index is 1.87. The summed E-state index contributed by atoms with van der Waals surface area (Å²) in [5, 5.41) is 6.76. The van der Waals surface area contributed by atoms with Gasteiger partial charge in [0.2, 0.25) is 0 Å². The lowest BCUT2D eigenvalue weighted by Gasteiger charge is -2.26. The van der Waals surface area contributed by atoms with Crippen molar-refractivity contribution in [1.29, 1.82) is 0 Å². The van der Waals surface area contributed by atoms with Gasteiger partial charge in [0.25, 0.3) is 0 Å². The number of aliphatic imine (C=N–C) groups is 1. The summed E-state index contributed by atoms with van der Waals surface area (Å²) >= 11 is 0. The van der Waals surface area contributed by atoms with Crippen LogP contribution in [-0.4, -0.2) is 70.9 Å². The molecule has 0 bridgehead atoms. The molecule has 1 aromatic carbocycles. The van der Waals surface area contributed by atoms with Crippen LogP contribution >= 0.6 is 0 Å². The maximum absolute atomic E-state index is 5.39. The smallest absolute Gasteiger partial charge is 0.191 e. The summed E-state index contributed by atoms with van der Waals surface area (Å²) in [6.45, 7) is 11.4. The maximum Gasteiger partial charge on any atom is 0.191 e. The molecule has 140 valence electrons. The molecule has 0 amide bonds. The van der Waals surface area contributed by atoms with E-state index in [1.54, 1.807) is 0 Å². The first-order valence-corrected chi connectivity index (χ1v) is 9.19. The predicted molar refractivity (Wildman–Crippen MR) is 106 cm³/mol. The zero-order valence-electron chi connectivity index (χ0n) is 16.1. The van der Waals surface area contributed by atoms with Gasteiger partial charge < -0.3 is 20.3 Å². The lowest BCUT2D eigenvalue weighted by atomic mass is 10.1. The van der Waals surface area contributed by atoms with Gasteiger partial charge in [0, 0.05) is 52.5 Å². The molecule has 0 radical (unpaired) electrons. The number of hydrogen-bond donors (Lipinski definition) is 2. The van der Waals surface area contributed by atoms with Crippen LogP contribution in [-0.2, 0) is 11.3 Å². The van der Waals surface area contributed by atoms with Crippen molar-refractivity contribution in [2.45, 2.75) is 20.4 Å². The molecule has 1 fully saturated rings. The first kappa shape index (κ1) is 19.5. The Kier molecular flexibility index (Phi) is 8.01. The molecular weight excluding hydrogens is 314 g/mol. The van der Waals surface area contributed by atoms with E-state index in [1.807, 2.05) is 0 Å². The zero-order valence-corrected chi connectivity index (χ0v) is 16.1. The van der Waals surface area contributed by atoms with Crippen molar-refractivity contribution in [3.63, 3.8) is 0 Å². The largest absolute Gasteiger partial charge is 0.379 e. The topological polar surface area (TPSA) is 52.1 Å². The van der Waals surface area contributed by atoms with Gasteiger partial charge in [-0.05, 0) is 37.1 Å². The maximum atomic E-state index is 5.39. The van der Waals surface area contributed by atoms with Crippen LogP contribution in [0.25, 0.3) is 0 Å². The number of guanidine groups is 1. The van der Waals surface area contributed by atoms with Gasteiger partial charge in [-0.3, -0.25) is 4.90 Å². The predicted octanol–water partition coefficient (Wildman–Crippen LogP) is 1.45. The second kappa shape index (κ2) is 10.3. The summed E-state index contributed by atoms with van der Waals surface area (Å²) in [5.41, 5.74) is 3.76. The standard InChI is InChI=1S/C19H33N5O/c1-5-20-19(21-8-9-24-10-12-25-13-11-24)22-15-17-6-7-18(23(3)4)14-16(17)2/h6-7,14H,5,8-13,15H2,1-4H3,(H2,20,21,22). The van der Waals surface area contributed by atoms with Crippen molar-refractivity contribution in [2.24, 2.45) is 4.99 Å². The molecule has 0 unspecified atom stereocenters. The SMILES string of the molecule is CCNC(=NCc1ccc(N(C)C)cc1C)NCCN1CCOCC1. The number of nitrogens with one attached hydrogen (secondary N) is 2. The number of hydrogen-bond acceptors (Lipinski definition) is 4. The molecule has 0 saturated carbocycles. The molecule has 2 N–H and O–H groups in total. The van der Waals surface area contributed by atoms with Gasteiger partial charge in [0.1, 0.15) is 0 Å². The third-order valence-electron chi connectivity index (χ3n) is 4.42. The van der Waals surface area contributed by atoms with Gasteiger partial charge in [0.15, 0.2) is 5.96 Å². The Bertz CT molecular complexity index is 553. The van der Waals surface area contributed by atoms with Crippen LogP contribution < -0.4 is 15.5 Å². The highest BCUT2D eigenvalue weighted by atomic mass is 16.5. The Hall–Kier alpha value is -1.79. The highest BCUT2D eigenvalue weighted by Gasteiger charge is 2.09. The van der Waals surface area contributed by atoms with Gasteiger partial charge in [0.05, 0.1) is 19.8 Å². The third-order valence-corrected chi connectivity index (χ3v) is 4.42. The van der Waals surface area contributed by atoms with E-state index in [4.69, 9.17) is 9.73 Å². The summed E-state index contributed by atoms with van der Waals surface area (Å²) in [5.74, 6) is 0.881. The number of aryl methyl sites for hydroxylation is 1. The van der Waals surface area contributed by atoms with Crippen molar-refractivity contribution >= 4 is 11.6 Å². The number of nitrogens with zero attached hydrogens (tertiary/aromatic N) is 3. The van der Waals surface area contributed by atoms with Crippen LogP contribution in [0.2, 0.25) is 0 Å². The second-order valence-electron chi connectivity index (χ2n) is 6.58. The molecule has 0 spiro atoms. The molecule has 0 aliphatic carbocycles. The molecule has 0 atom stereocenters. The van der Waals surface area contributed by atoms with E-state index >= 15 is 0 Å². The number of anilines is 1. The van der Waals surface area contributed by atoms with Crippen molar-refractivity contribution < 1.29 is 4.74 Å². The Morgan fingerprint density at radius 3 is 2.64 bits per heavy atom. The van der Waals surface area contributed by atoms with E-state index in [0.717, 1.165) is 51.9 Å². The minimum atomic E-state index is 0.687. The Morgan fingerprint density at radius 2 is 2.00 bits per heavy atom. The van der Waals surface area contributed by atoms with Crippen molar-refractivity contribution in [2.75, 3.05) is 64.9 Å². The molecule has 6 heteroatoms. The van der Waals surface area contributed by atoms with E-state index in [2.05, 4.69) is 66.6 Å². The fourth-order valence-electron chi connectivity index (χ4n) is 2.80. The number of rotatable bonds is 7. The summed E-state index contributed by atoms with van der Waals surface area (Å²) < 4.78 is 5.39. The van der Waals surface area contributed by atoms with Crippen LogP contribution in [0.1, 0.15) is 18.1 Å². The highest BCUT2D eigenvalue weighted by molar-refractivity contribution is 5.79. The van der Waals surface area contributed by atoms with Gasteiger partial charge in [-0.2, -0.15) is 0 Å². The van der Waals surface area contributed by atoms with Crippen molar-refractivity contribution in [3.8, 4) is 0 Å². The fourth-order valence-corrected chi connectivity index (χ4v) is 2.80. The van der Waals surface area contributed by atoms with Crippen LogP contribution in [0.15, 0.2) is 23.2 Å². The summed E-state index contributed by atoms with van der Waals surface area (Å²) in [6.07, 6.45) is 0. The van der Waals surface area contributed by atoms with Crippen LogP contribution in [0.4, 0.5) is 5.69 Å². The summed E-state index contributed by atoms with van der Waals surface area (Å²) in [4.78, 5) is 9.28. The molecule has 1 aromatic rings. The number of ether oxygens (including phenoxy) is 1. The first-order valence-electron chi connectivity index (χ1n) is 9.19. The van der Waals surface area contributed by atoms with Gasteiger partial charge in [-0.15, -0.1) is 0 Å². The van der Waals surface area contributed by atoms with E-state index < -0.39 is 0 Å². The zero-order chi connectivity index (χ0) is 18.1. The molecule has 6 nitrogen and oxygen atoms in total. The average molecular weight is 348 g/mol. The van der Waals surface area contributed by atoms with Gasteiger partial charge in [-0.25, -0.2) is 4.99 Å². The second-order valence-corrected chi connectivity index (χ2v) is 6.58. The lowest BCUT2D eigenvalue weighted by Crippen LogP contribution is -2.44. The van der Waals surface area contributed by atoms with E-state index in [1.165, 1.54) is 16.8 Å². The van der Waals surface area contributed by atoms with Gasteiger partial charge in [-0.1, -0.05) is 6.07 Å². The molecule has 1 aliphatic heterocycles. The monoisotopic (exact) mass is 347 g/mol. The van der Waals surface area contributed by atoms with E-state index in [0.29, 0.717) is 6.54 Å². The highest BCUT2D eigenvalue weighted by Crippen LogP contribution is 2.17. The molecule has 1 saturated heterocycles. The number of morpholine rings is 1. The Labute approximate surface area is 152 Å². The first-order chi connectivity index (χ1) is 12.1. The fraction of sp³-hybridized carbons (Fsp3) is 0.632. The quantitative estimate of drug-likeness (QED) is 0.578. The Morgan fingerprint density at radius 1 is 1.24 bits per heavy atom. The average Bonchev–Trinajstić information content (AvgIpc) is 2.61. The minimum Gasteiger partial charge on any atom is -0.379 e. The molecular formula is C19H33N5O. The third kappa shape index (κ3) is 6.55. The van der Waals surface area contributed by atoms with Crippen LogP contribution in [0.5, 0.6) is 0 Å². The van der Waals surface area contributed by atoms with Gasteiger partial charge >= 0.3 is 0 Å². The molecule has 1 heterocycles. The van der Waals surface area contributed by atoms with Crippen molar-refractivity contribution in [1.82, 2.24) is 15.5 Å². The summed E-state index contributed by atoms with van der Waals surface area (Å²) in [6, 6.07) is 6.53. The lowest BCUT2D eigenvalue weighted by molar-refractivity contribution is 0.0389. The normalized spacial score (nSPS) is 15.9.